The van der Waals surface area contributed by atoms with Crippen molar-refractivity contribution in [2.75, 3.05) is 0 Å². The summed E-state index contributed by atoms with van der Waals surface area (Å²) in [6.07, 6.45) is -0.849. The van der Waals surface area contributed by atoms with E-state index in [0.717, 1.165) is 20.8 Å². The first kappa shape index (κ1) is 14.2. The Labute approximate surface area is 131 Å². The smallest absolute Gasteiger partial charge is 0.126 e. The maximum atomic E-state index is 13.7. The number of hydrogen-bond donors (Lipinski definition) is 1. The van der Waals surface area contributed by atoms with Gasteiger partial charge in [0.25, 0.3) is 0 Å². The minimum absolute atomic E-state index is 0.298. The maximum Gasteiger partial charge on any atom is 0.126 e. The van der Waals surface area contributed by atoms with Crippen molar-refractivity contribution in [1.82, 2.24) is 0 Å². The molecule has 3 heteroatoms. The molecule has 1 atom stereocenters. The lowest BCUT2D eigenvalue weighted by Gasteiger charge is -2.15. The lowest BCUT2D eigenvalue weighted by Crippen LogP contribution is -2.02. The highest BCUT2D eigenvalue weighted by Crippen LogP contribution is 2.33. The largest absolute Gasteiger partial charge is 0.384 e. The first-order valence-electron chi connectivity index (χ1n) is 6.69. The normalized spacial score (nSPS) is 12.6. The molecule has 106 valence electrons. The zero-order valence-electron chi connectivity index (χ0n) is 11.5. The Hall–Kier alpha value is -1.71. The fourth-order valence-corrected chi connectivity index (χ4v) is 2.96. The molecule has 0 radical (unpaired) electrons. The first-order chi connectivity index (χ1) is 10.1. The van der Waals surface area contributed by atoms with Gasteiger partial charge in [0.1, 0.15) is 11.9 Å². The summed E-state index contributed by atoms with van der Waals surface area (Å²) in [5.74, 6) is -0.298. The van der Waals surface area contributed by atoms with Crippen LogP contribution < -0.4 is 0 Å². The number of aryl methyl sites for hydroxylation is 1. The van der Waals surface area contributed by atoms with Gasteiger partial charge in [-0.3, -0.25) is 0 Å². The second-order valence-corrected chi connectivity index (χ2v) is 5.95. The van der Waals surface area contributed by atoms with Gasteiger partial charge in [-0.15, -0.1) is 0 Å². The highest BCUT2D eigenvalue weighted by molar-refractivity contribution is 9.10. The summed E-state index contributed by atoms with van der Waals surface area (Å²) in [7, 11) is 0. The summed E-state index contributed by atoms with van der Waals surface area (Å²) in [5, 5.41) is 12.6. The van der Waals surface area contributed by atoms with E-state index in [1.165, 1.54) is 6.07 Å². The second-order valence-electron chi connectivity index (χ2n) is 5.09. The van der Waals surface area contributed by atoms with Crippen LogP contribution in [0.25, 0.3) is 10.8 Å². The van der Waals surface area contributed by atoms with Gasteiger partial charge in [-0.1, -0.05) is 58.4 Å². The van der Waals surface area contributed by atoms with Crippen LogP contribution >= 0.6 is 15.9 Å². The summed E-state index contributed by atoms with van der Waals surface area (Å²) < 4.78 is 14.7. The molecule has 3 aromatic carbocycles. The highest BCUT2D eigenvalue weighted by atomic mass is 79.9. The Morgan fingerprint density at radius 3 is 2.43 bits per heavy atom. The highest BCUT2D eigenvalue weighted by Gasteiger charge is 2.15. The van der Waals surface area contributed by atoms with Crippen molar-refractivity contribution in [3.05, 3.63) is 81.6 Å². The van der Waals surface area contributed by atoms with Gasteiger partial charge in [-0.2, -0.15) is 0 Å². The molecule has 3 rings (SSSR count). The molecule has 0 amide bonds. The van der Waals surface area contributed by atoms with E-state index in [2.05, 4.69) is 15.9 Å². The van der Waals surface area contributed by atoms with Crippen LogP contribution in [0, 0.1) is 12.7 Å². The number of fused-ring (bicyclic) bond motifs is 1. The molecule has 0 saturated heterocycles. The van der Waals surface area contributed by atoms with Crippen LogP contribution in [-0.2, 0) is 0 Å². The summed E-state index contributed by atoms with van der Waals surface area (Å²) in [6.45, 7) is 1.71. The number of rotatable bonds is 2. The topological polar surface area (TPSA) is 20.2 Å². The molecule has 3 aromatic rings. The van der Waals surface area contributed by atoms with Crippen LogP contribution in [0.2, 0.25) is 0 Å². The Bertz CT molecular complexity index is 813. The SMILES string of the molecule is Cc1ccc(C(O)c2ccc(Br)c3ccccc23)cc1F. The van der Waals surface area contributed by atoms with Gasteiger partial charge in [-0.05, 0) is 46.5 Å². The van der Waals surface area contributed by atoms with E-state index in [-0.39, 0.29) is 5.82 Å². The standard InChI is InChI=1S/C18H14BrFO/c1-11-6-7-12(10-17(11)20)18(21)15-8-9-16(19)14-5-3-2-4-13(14)15/h2-10,18,21H,1H3. The van der Waals surface area contributed by atoms with Crippen molar-refractivity contribution < 1.29 is 9.50 Å². The molecular weight excluding hydrogens is 331 g/mol. The van der Waals surface area contributed by atoms with Crippen LogP contribution in [0.3, 0.4) is 0 Å². The molecule has 1 nitrogen and oxygen atoms in total. The van der Waals surface area contributed by atoms with Gasteiger partial charge >= 0.3 is 0 Å². The molecule has 0 heterocycles. The van der Waals surface area contributed by atoms with Gasteiger partial charge in [-0.25, -0.2) is 4.39 Å². The fourth-order valence-electron chi connectivity index (χ4n) is 2.48. The molecule has 0 aliphatic rings. The maximum absolute atomic E-state index is 13.7. The third kappa shape index (κ3) is 2.59. The van der Waals surface area contributed by atoms with Gasteiger partial charge in [0, 0.05) is 4.47 Å². The Morgan fingerprint density at radius 1 is 1.00 bits per heavy atom. The van der Waals surface area contributed by atoms with E-state index in [1.54, 1.807) is 19.1 Å². The second kappa shape index (κ2) is 5.58. The number of benzene rings is 3. The molecule has 0 spiro atoms. The van der Waals surface area contributed by atoms with Crippen LogP contribution in [0.4, 0.5) is 4.39 Å². The third-order valence-electron chi connectivity index (χ3n) is 3.71. The summed E-state index contributed by atoms with van der Waals surface area (Å²) in [4.78, 5) is 0. The van der Waals surface area contributed by atoms with Crippen LogP contribution in [-0.4, -0.2) is 5.11 Å². The predicted molar refractivity (Wildman–Crippen MR) is 86.8 cm³/mol. The van der Waals surface area contributed by atoms with Crippen molar-refractivity contribution in [2.45, 2.75) is 13.0 Å². The van der Waals surface area contributed by atoms with Gasteiger partial charge in [0.2, 0.25) is 0 Å². The number of hydrogen-bond acceptors (Lipinski definition) is 1. The van der Waals surface area contributed by atoms with Crippen molar-refractivity contribution >= 4 is 26.7 Å². The molecule has 1 N–H and O–H groups in total. The van der Waals surface area contributed by atoms with E-state index in [1.807, 2.05) is 36.4 Å². The molecule has 0 saturated carbocycles. The average molecular weight is 345 g/mol. The summed E-state index contributed by atoms with van der Waals surface area (Å²) in [5.41, 5.74) is 1.91. The number of halogens is 2. The minimum Gasteiger partial charge on any atom is -0.384 e. The van der Waals surface area contributed by atoms with Gasteiger partial charge in [0.15, 0.2) is 0 Å². The lowest BCUT2D eigenvalue weighted by atomic mass is 9.95. The van der Waals surface area contributed by atoms with E-state index >= 15 is 0 Å². The molecule has 0 bridgehead atoms. The molecule has 0 aliphatic heterocycles. The zero-order chi connectivity index (χ0) is 15.0. The molecule has 21 heavy (non-hydrogen) atoms. The fraction of sp³-hybridized carbons (Fsp3) is 0.111. The Balaban J connectivity index is 2.15. The van der Waals surface area contributed by atoms with E-state index < -0.39 is 6.10 Å². The van der Waals surface area contributed by atoms with E-state index in [9.17, 15) is 9.50 Å². The molecular formula is C18H14BrFO. The van der Waals surface area contributed by atoms with Crippen molar-refractivity contribution in [1.29, 1.82) is 0 Å². The van der Waals surface area contributed by atoms with Crippen LogP contribution in [0.1, 0.15) is 22.8 Å². The third-order valence-corrected chi connectivity index (χ3v) is 4.40. The average Bonchev–Trinajstić information content (AvgIpc) is 2.50. The van der Waals surface area contributed by atoms with Crippen LogP contribution in [0.5, 0.6) is 0 Å². The van der Waals surface area contributed by atoms with Crippen molar-refractivity contribution in [3.63, 3.8) is 0 Å². The monoisotopic (exact) mass is 344 g/mol. The molecule has 0 fully saturated rings. The Kier molecular flexibility index (Phi) is 3.79. The van der Waals surface area contributed by atoms with Gasteiger partial charge in [0.05, 0.1) is 0 Å². The van der Waals surface area contributed by atoms with E-state index in [4.69, 9.17) is 0 Å². The van der Waals surface area contributed by atoms with Crippen molar-refractivity contribution in [2.24, 2.45) is 0 Å². The summed E-state index contributed by atoms with van der Waals surface area (Å²) >= 11 is 3.52. The molecule has 0 aromatic heterocycles. The van der Waals surface area contributed by atoms with Gasteiger partial charge < -0.3 is 5.11 Å². The zero-order valence-corrected chi connectivity index (χ0v) is 13.1. The lowest BCUT2D eigenvalue weighted by molar-refractivity contribution is 0.221. The quantitative estimate of drug-likeness (QED) is 0.683. The number of aliphatic hydroxyl groups is 1. The molecule has 1 unspecified atom stereocenters. The molecule has 0 aliphatic carbocycles. The summed E-state index contributed by atoms with van der Waals surface area (Å²) in [6, 6.07) is 16.5. The Morgan fingerprint density at radius 2 is 1.71 bits per heavy atom. The van der Waals surface area contributed by atoms with Crippen molar-refractivity contribution in [3.8, 4) is 0 Å². The first-order valence-corrected chi connectivity index (χ1v) is 7.48. The van der Waals surface area contributed by atoms with E-state index in [0.29, 0.717) is 11.1 Å². The van der Waals surface area contributed by atoms with Crippen LogP contribution in [0.15, 0.2) is 59.1 Å². The number of aliphatic hydroxyl groups excluding tert-OH is 1. The predicted octanol–water partition coefficient (Wildman–Crippen LogP) is 5.13. The minimum atomic E-state index is -0.849.